The first-order valence-corrected chi connectivity index (χ1v) is 8.69. The van der Waals surface area contributed by atoms with Crippen LogP contribution in [0.1, 0.15) is 39.2 Å². The van der Waals surface area contributed by atoms with Crippen molar-refractivity contribution in [2.24, 2.45) is 18.0 Å². The van der Waals surface area contributed by atoms with E-state index < -0.39 is 0 Å². The molecule has 0 spiro atoms. The molecule has 6 nitrogen and oxygen atoms in total. The molecule has 0 unspecified atom stereocenters. The van der Waals surface area contributed by atoms with Crippen LogP contribution in [0.3, 0.4) is 0 Å². The maximum atomic E-state index is 5.58. The molecule has 140 valence electrons. The predicted octanol–water partition coefficient (Wildman–Crippen LogP) is 2.59. The Morgan fingerprint density at radius 3 is 2.75 bits per heavy atom. The molecule has 0 amide bonds. The summed E-state index contributed by atoms with van der Waals surface area (Å²) in [5.41, 5.74) is 1.27. The highest BCUT2D eigenvalue weighted by Gasteiger charge is 1.99. The van der Waals surface area contributed by atoms with Crippen molar-refractivity contribution in [3.05, 3.63) is 18.0 Å². The molecule has 0 aliphatic rings. The smallest absolute Gasteiger partial charge is 0.191 e. The predicted molar refractivity (Wildman–Crippen MR) is 111 cm³/mol. The Bertz CT molecular complexity index is 448. The number of aromatic nitrogens is 2. The Morgan fingerprint density at radius 1 is 1.33 bits per heavy atom. The Balaban J connectivity index is 0.00000529. The van der Waals surface area contributed by atoms with E-state index in [0.29, 0.717) is 5.92 Å². The van der Waals surface area contributed by atoms with Crippen LogP contribution in [-0.4, -0.2) is 48.6 Å². The molecule has 1 heterocycles. The fraction of sp³-hybridized carbons (Fsp3) is 0.765. The second-order valence-electron chi connectivity index (χ2n) is 6.14. The fourth-order valence-electron chi connectivity index (χ4n) is 2.12. The van der Waals surface area contributed by atoms with Crippen LogP contribution in [0.4, 0.5) is 0 Å². The first-order chi connectivity index (χ1) is 11.1. The van der Waals surface area contributed by atoms with E-state index in [4.69, 9.17) is 4.74 Å². The number of guanidine groups is 1. The highest BCUT2D eigenvalue weighted by molar-refractivity contribution is 14.0. The molecule has 0 saturated carbocycles. The van der Waals surface area contributed by atoms with Crippen molar-refractivity contribution in [2.75, 3.05) is 32.8 Å². The second-order valence-corrected chi connectivity index (χ2v) is 6.14. The van der Waals surface area contributed by atoms with Crippen LogP contribution in [0.15, 0.2) is 17.4 Å². The lowest BCUT2D eigenvalue weighted by molar-refractivity contribution is 0.108. The van der Waals surface area contributed by atoms with Gasteiger partial charge in [-0.15, -0.1) is 24.0 Å². The lowest BCUT2D eigenvalue weighted by Crippen LogP contribution is -2.38. The van der Waals surface area contributed by atoms with Crippen LogP contribution < -0.4 is 10.6 Å². The molecule has 0 aromatic carbocycles. The molecule has 0 saturated heterocycles. The first kappa shape index (κ1) is 23.2. The SMILES string of the molecule is CCNC(=NCCCc1cnn(C)c1)NCCCOCC(C)C.I. The topological polar surface area (TPSA) is 63.5 Å². The van der Waals surface area contributed by atoms with Gasteiger partial charge in [0.05, 0.1) is 6.20 Å². The van der Waals surface area contributed by atoms with E-state index in [1.54, 1.807) is 0 Å². The third kappa shape index (κ3) is 11.7. The zero-order chi connectivity index (χ0) is 16.9. The Hall–Kier alpha value is -0.830. The summed E-state index contributed by atoms with van der Waals surface area (Å²) in [7, 11) is 1.94. The minimum absolute atomic E-state index is 0. The summed E-state index contributed by atoms with van der Waals surface area (Å²) in [5.74, 6) is 1.49. The fourth-order valence-corrected chi connectivity index (χ4v) is 2.12. The van der Waals surface area contributed by atoms with Gasteiger partial charge in [-0.25, -0.2) is 0 Å². The molecule has 0 aliphatic heterocycles. The lowest BCUT2D eigenvalue weighted by atomic mass is 10.2. The van der Waals surface area contributed by atoms with Crippen molar-refractivity contribution >= 4 is 29.9 Å². The van der Waals surface area contributed by atoms with Crippen molar-refractivity contribution in [1.82, 2.24) is 20.4 Å². The molecule has 2 N–H and O–H groups in total. The number of hydrogen-bond acceptors (Lipinski definition) is 3. The van der Waals surface area contributed by atoms with E-state index in [1.807, 2.05) is 17.9 Å². The van der Waals surface area contributed by atoms with Crippen LogP contribution in [0, 0.1) is 5.92 Å². The lowest BCUT2D eigenvalue weighted by Gasteiger charge is -2.11. The van der Waals surface area contributed by atoms with Crippen molar-refractivity contribution in [3.63, 3.8) is 0 Å². The quantitative estimate of drug-likeness (QED) is 0.235. The molecule has 0 aliphatic carbocycles. The van der Waals surface area contributed by atoms with Gasteiger partial charge in [-0.1, -0.05) is 13.8 Å². The number of hydrogen-bond donors (Lipinski definition) is 2. The van der Waals surface area contributed by atoms with E-state index >= 15 is 0 Å². The number of aliphatic imine (C=N–C) groups is 1. The molecular formula is C17H34IN5O. The largest absolute Gasteiger partial charge is 0.381 e. The normalized spacial score (nSPS) is 11.5. The minimum atomic E-state index is 0. The van der Waals surface area contributed by atoms with Gasteiger partial charge in [-0.3, -0.25) is 9.67 Å². The molecular weight excluding hydrogens is 417 g/mol. The summed E-state index contributed by atoms with van der Waals surface area (Å²) in [5, 5.41) is 10.8. The molecule has 1 rings (SSSR count). The van der Waals surface area contributed by atoms with Gasteiger partial charge in [-0.2, -0.15) is 5.10 Å². The number of nitrogens with zero attached hydrogens (tertiary/aromatic N) is 3. The van der Waals surface area contributed by atoms with Gasteiger partial charge in [0.1, 0.15) is 0 Å². The van der Waals surface area contributed by atoms with Gasteiger partial charge < -0.3 is 15.4 Å². The summed E-state index contributed by atoms with van der Waals surface area (Å²) in [6, 6.07) is 0. The zero-order valence-electron chi connectivity index (χ0n) is 15.5. The van der Waals surface area contributed by atoms with E-state index in [9.17, 15) is 0 Å². The minimum Gasteiger partial charge on any atom is -0.381 e. The molecule has 0 radical (unpaired) electrons. The standard InChI is InChI=1S/C17H33N5O.HI/c1-5-18-17(20-10-7-11-23-14-15(2)3)19-9-6-8-16-12-21-22(4)13-16;/h12-13,15H,5-11,14H2,1-4H3,(H2,18,19,20);1H. The highest BCUT2D eigenvalue weighted by Crippen LogP contribution is 2.00. The third-order valence-electron chi connectivity index (χ3n) is 3.21. The van der Waals surface area contributed by atoms with Gasteiger partial charge >= 0.3 is 0 Å². The molecule has 1 aromatic rings. The third-order valence-corrected chi connectivity index (χ3v) is 3.21. The number of ether oxygens (including phenoxy) is 1. The van der Waals surface area contributed by atoms with Crippen LogP contribution >= 0.6 is 24.0 Å². The van der Waals surface area contributed by atoms with Crippen LogP contribution in [-0.2, 0) is 18.2 Å². The van der Waals surface area contributed by atoms with E-state index in [1.165, 1.54) is 5.56 Å². The van der Waals surface area contributed by atoms with Gasteiger partial charge in [0.25, 0.3) is 0 Å². The summed E-state index contributed by atoms with van der Waals surface area (Å²) in [4.78, 5) is 4.61. The van der Waals surface area contributed by atoms with Gasteiger partial charge in [0.15, 0.2) is 5.96 Å². The summed E-state index contributed by atoms with van der Waals surface area (Å²) >= 11 is 0. The molecule has 24 heavy (non-hydrogen) atoms. The van der Waals surface area contributed by atoms with E-state index in [2.05, 4.69) is 47.7 Å². The number of halogens is 1. The average molecular weight is 451 g/mol. The van der Waals surface area contributed by atoms with E-state index in [-0.39, 0.29) is 24.0 Å². The second kappa shape index (κ2) is 14.5. The maximum Gasteiger partial charge on any atom is 0.191 e. The Morgan fingerprint density at radius 2 is 2.12 bits per heavy atom. The Kier molecular flexibility index (Phi) is 14.0. The van der Waals surface area contributed by atoms with Crippen molar-refractivity contribution < 1.29 is 4.74 Å². The number of nitrogens with one attached hydrogen (secondary N) is 2. The number of rotatable bonds is 11. The van der Waals surface area contributed by atoms with Gasteiger partial charge in [-0.05, 0) is 37.7 Å². The van der Waals surface area contributed by atoms with Crippen LogP contribution in [0.5, 0.6) is 0 Å². The summed E-state index contributed by atoms with van der Waals surface area (Å²) in [6.07, 6.45) is 7.01. The van der Waals surface area contributed by atoms with Crippen molar-refractivity contribution in [2.45, 2.75) is 40.0 Å². The molecule has 1 aromatic heterocycles. The monoisotopic (exact) mass is 451 g/mol. The summed E-state index contributed by atoms with van der Waals surface area (Å²) in [6.45, 7) is 10.6. The number of aryl methyl sites for hydroxylation is 2. The molecule has 0 fully saturated rings. The van der Waals surface area contributed by atoms with Crippen LogP contribution in [0.25, 0.3) is 0 Å². The average Bonchev–Trinajstić information content (AvgIpc) is 2.92. The first-order valence-electron chi connectivity index (χ1n) is 8.69. The molecule has 7 heteroatoms. The molecule has 0 atom stereocenters. The molecule has 0 bridgehead atoms. The van der Waals surface area contributed by atoms with Crippen LogP contribution in [0.2, 0.25) is 0 Å². The summed E-state index contributed by atoms with van der Waals surface area (Å²) < 4.78 is 7.42. The van der Waals surface area contributed by atoms with Gasteiger partial charge in [0, 0.05) is 46.1 Å². The van der Waals surface area contributed by atoms with Crippen molar-refractivity contribution in [3.8, 4) is 0 Å². The zero-order valence-corrected chi connectivity index (χ0v) is 17.9. The van der Waals surface area contributed by atoms with E-state index in [0.717, 1.165) is 58.1 Å². The highest BCUT2D eigenvalue weighted by atomic mass is 127. The van der Waals surface area contributed by atoms with Gasteiger partial charge in [0.2, 0.25) is 0 Å². The van der Waals surface area contributed by atoms with Crippen molar-refractivity contribution in [1.29, 1.82) is 0 Å². The Labute approximate surface area is 163 Å². The maximum absolute atomic E-state index is 5.58.